The molecule has 68 valence electrons. The summed E-state index contributed by atoms with van der Waals surface area (Å²) in [6.45, 7) is 0. The lowest BCUT2D eigenvalue weighted by atomic mass is 10.3. The summed E-state index contributed by atoms with van der Waals surface area (Å²) in [4.78, 5) is 10.0. The SMILES string of the molecule is COc1ccc(/C=C/C(=O)[O-])nn1. The molecular weight excluding hydrogens is 172 g/mol. The van der Waals surface area contributed by atoms with E-state index in [1.807, 2.05) is 0 Å². The Morgan fingerprint density at radius 3 is 2.77 bits per heavy atom. The predicted molar refractivity (Wildman–Crippen MR) is 42.6 cm³/mol. The van der Waals surface area contributed by atoms with Gasteiger partial charge in [-0.25, -0.2) is 0 Å². The number of aliphatic carboxylic acids is 1. The van der Waals surface area contributed by atoms with E-state index in [1.165, 1.54) is 13.2 Å². The van der Waals surface area contributed by atoms with E-state index in [9.17, 15) is 9.90 Å². The van der Waals surface area contributed by atoms with Gasteiger partial charge in [0.1, 0.15) is 0 Å². The molecular formula is C8H7N2O3-. The van der Waals surface area contributed by atoms with Gasteiger partial charge in [-0.05, 0) is 18.2 Å². The van der Waals surface area contributed by atoms with E-state index in [-0.39, 0.29) is 0 Å². The molecule has 0 fully saturated rings. The van der Waals surface area contributed by atoms with Crippen molar-refractivity contribution in [3.63, 3.8) is 0 Å². The van der Waals surface area contributed by atoms with Crippen LogP contribution in [-0.2, 0) is 4.79 Å². The van der Waals surface area contributed by atoms with Crippen molar-refractivity contribution in [2.45, 2.75) is 0 Å². The van der Waals surface area contributed by atoms with E-state index in [0.717, 1.165) is 6.08 Å². The van der Waals surface area contributed by atoms with Crippen molar-refractivity contribution in [2.24, 2.45) is 0 Å². The third-order valence-electron chi connectivity index (χ3n) is 1.26. The Morgan fingerprint density at radius 1 is 1.54 bits per heavy atom. The van der Waals surface area contributed by atoms with Gasteiger partial charge in [-0.15, -0.1) is 10.2 Å². The highest BCUT2D eigenvalue weighted by atomic mass is 16.5. The number of carbonyl (C=O) groups excluding carboxylic acids is 1. The van der Waals surface area contributed by atoms with Gasteiger partial charge in [-0.1, -0.05) is 0 Å². The Balaban J connectivity index is 2.75. The number of methoxy groups -OCH3 is 1. The normalized spacial score (nSPS) is 10.2. The molecule has 1 aromatic rings. The zero-order valence-corrected chi connectivity index (χ0v) is 6.93. The summed E-state index contributed by atoms with van der Waals surface area (Å²) in [5.41, 5.74) is 0.435. The van der Waals surface area contributed by atoms with Crippen molar-refractivity contribution in [3.8, 4) is 5.88 Å². The molecule has 0 aliphatic carbocycles. The van der Waals surface area contributed by atoms with Crippen LogP contribution >= 0.6 is 0 Å². The molecule has 0 saturated heterocycles. The lowest BCUT2D eigenvalue weighted by molar-refractivity contribution is -0.297. The second kappa shape index (κ2) is 4.20. The molecule has 5 heteroatoms. The summed E-state index contributed by atoms with van der Waals surface area (Å²) in [5, 5.41) is 17.3. The van der Waals surface area contributed by atoms with Crippen LogP contribution in [0.3, 0.4) is 0 Å². The van der Waals surface area contributed by atoms with Crippen LogP contribution in [0.2, 0.25) is 0 Å². The van der Waals surface area contributed by atoms with Gasteiger partial charge in [0.2, 0.25) is 5.88 Å². The number of aromatic nitrogens is 2. The molecule has 13 heavy (non-hydrogen) atoms. The number of hydrogen-bond donors (Lipinski definition) is 0. The van der Waals surface area contributed by atoms with Gasteiger partial charge in [0.05, 0.1) is 18.8 Å². The van der Waals surface area contributed by atoms with Crippen molar-refractivity contribution in [2.75, 3.05) is 7.11 Å². The Bertz CT molecular complexity index is 319. The summed E-state index contributed by atoms with van der Waals surface area (Å²) < 4.78 is 4.77. The van der Waals surface area contributed by atoms with Crippen LogP contribution in [0.25, 0.3) is 6.08 Å². The summed E-state index contributed by atoms with van der Waals surface area (Å²) in [6.07, 6.45) is 2.18. The number of carbonyl (C=O) groups is 1. The molecule has 0 unspecified atom stereocenters. The standard InChI is InChI=1S/C8H8N2O3/c1-13-7-4-2-6(9-10-7)3-5-8(11)12/h2-5H,1H3,(H,11,12)/p-1/b5-3+. The average molecular weight is 179 g/mol. The molecule has 0 saturated carbocycles. The molecule has 0 aromatic carbocycles. The van der Waals surface area contributed by atoms with Crippen molar-refractivity contribution in [1.82, 2.24) is 10.2 Å². The van der Waals surface area contributed by atoms with Crippen LogP contribution in [0.5, 0.6) is 5.88 Å². The molecule has 5 nitrogen and oxygen atoms in total. The highest BCUT2D eigenvalue weighted by Crippen LogP contribution is 2.04. The molecule has 0 N–H and O–H groups in total. The molecule has 0 aliphatic rings. The van der Waals surface area contributed by atoms with Gasteiger partial charge in [0.25, 0.3) is 0 Å². The minimum atomic E-state index is -1.27. The second-order valence-corrected chi connectivity index (χ2v) is 2.15. The quantitative estimate of drug-likeness (QED) is 0.570. The first-order valence-electron chi connectivity index (χ1n) is 3.49. The predicted octanol–water partition coefficient (Wildman–Crippen LogP) is -0.752. The van der Waals surface area contributed by atoms with E-state index in [2.05, 4.69) is 10.2 Å². The maximum atomic E-state index is 10.0. The molecule has 1 heterocycles. The number of nitrogens with zero attached hydrogens (tertiary/aromatic N) is 2. The fraction of sp³-hybridized carbons (Fsp3) is 0.125. The van der Waals surface area contributed by atoms with Crippen molar-refractivity contribution < 1.29 is 14.6 Å². The molecule has 0 spiro atoms. The summed E-state index contributed by atoms with van der Waals surface area (Å²) >= 11 is 0. The molecule has 1 aromatic heterocycles. The Kier molecular flexibility index (Phi) is 2.97. The third-order valence-corrected chi connectivity index (χ3v) is 1.26. The largest absolute Gasteiger partial charge is 0.545 e. The number of hydrogen-bond acceptors (Lipinski definition) is 5. The van der Waals surface area contributed by atoms with Gasteiger partial charge in [0, 0.05) is 6.07 Å². The molecule has 1 rings (SSSR count). The van der Waals surface area contributed by atoms with E-state index in [0.29, 0.717) is 11.6 Å². The number of ether oxygens (including phenoxy) is 1. The third kappa shape index (κ3) is 2.90. The first-order chi connectivity index (χ1) is 6.22. The highest BCUT2D eigenvalue weighted by molar-refractivity contribution is 5.83. The zero-order chi connectivity index (χ0) is 9.68. The molecule has 0 atom stereocenters. The van der Waals surface area contributed by atoms with Crippen molar-refractivity contribution >= 4 is 12.0 Å². The maximum Gasteiger partial charge on any atom is 0.233 e. The summed E-state index contributed by atoms with van der Waals surface area (Å²) in [5.74, 6) is -0.886. The maximum absolute atomic E-state index is 10.0. The fourth-order valence-electron chi connectivity index (χ4n) is 0.682. The van der Waals surface area contributed by atoms with Gasteiger partial charge < -0.3 is 14.6 Å². The van der Waals surface area contributed by atoms with Crippen molar-refractivity contribution in [3.05, 3.63) is 23.9 Å². The number of carboxylic acid groups (broad SMARTS) is 1. The van der Waals surface area contributed by atoms with Crippen LogP contribution in [0, 0.1) is 0 Å². The van der Waals surface area contributed by atoms with Gasteiger partial charge in [-0.2, -0.15) is 0 Å². The first kappa shape index (κ1) is 9.18. The van der Waals surface area contributed by atoms with E-state index < -0.39 is 5.97 Å². The Morgan fingerprint density at radius 2 is 2.31 bits per heavy atom. The van der Waals surface area contributed by atoms with E-state index in [1.54, 1.807) is 12.1 Å². The van der Waals surface area contributed by atoms with Crippen LogP contribution in [0.1, 0.15) is 5.69 Å². The highest BCUT2D eigenvalue weighted by Gasteiger charge is 1.92. The van der Waals surface area contributed by atoms with Gasteiger partial charge in [0.15, 0.2) is 0 Å². The van der Waals surface area contributed by atoms with E-state index in [4.69, 9.17) is 4.74 Å². The Hall–Kier alpha value is -1.91. The smallest absolute Gasteiger partial charge is 0.233 e. The fourth-order valence-corrected chi connectivity index (χ4v) is 0.682. The topological polar surface area (TPSA) is 75.1 Å². The second-order valence-electron chi connectivity index (χ2n) is 2.15. The minimum absolute atomic E-state index is 0.380. The summed E-state index contributed by atoms with van der Waals surface area (Å²) in [7, 11) is 1.47. The lowest BCUT2D eigenvalue weighted by Gasteiger charge is -1.96. The zero-order valence-electron chi connectivity index (χ0n) is 6.93. The molecule has 0 amide bonds. The number of carboxylic acids is 1. The molecule has 0 bridgehead atoms. The number of rotatable bonds is 3. The van der Waals surface area contributed by atoms with Crippen LogP contribution < -0.4 is 9.84 Å². The van der Waals surface area contributed by atoms with Gasteiger partial charge in [-0.3, -0.25) is 0 Å². The minimum Gasteiger partial charge on any atom is -0.545 e. The van der Waals surface area contributed by atoms with Crippen molar-refractivity contribution in [1.29, 1.82) is 0 Å². The van der Waals surface area contributed by atoms with Gasteiger partial charge >= 0.3 is 0 Å². The van der Waals surface area contributed by atoms with Crippen LogP contribution in [-0.4, -0.2) is 23.3 Å². The lowest BCUT2D eigenvalue weighted by Crippen LogP contribution is -2.18. The average Bonchev–Trinajstić information content (AvgIpc) is 2.15. The molecule has 0 aliphatic heterocycles. The van der Waals surface area contributed by atoms with E-state index >= 15 is 0 Å². The first-order valence-corrected chi connectivity index (χ1v) is 3.49. The summed E-state index contributed by atoms with van der Waals surface area (Å²) in [6, 6.07) is 3.17. The Labute approximate surface area is 74.7 Å². The van der Waals surface area contributed by atoms with Crippen LogP contribution in [0.15, 0.2) is 18.2 Å². The molecule has 0 radical (unpaired) electrons. The van der Waals surface area contributed by atoms with Crippen LogP contribution in [0.4, 0.5) is 0 Å². The monoisotopic (exact) mass is 179 g/mol.